The molecule has 4 fully saturated rings. The molecule has 38 heavy (non-hydrogen) atoms. The minimum atomic E-state index is -5.08. The maximum absolute atomic E-state index is 10.6. The molecule has 4 rings (SSSR count). The molecule has 1 unspecified atom stereocenters. The minimum absolute atomic E-state index is 0.317. The third-order valence-corrected chi connectivity index (χ3v) is 7.03. The predicted molar refractivity (Wildman–Crippen MR) is 121 cm³/mol. The van der Waals surface area contributed by atoms with Gasteiger partial charge in [-0.25, -0.2) is 9.59 Å². The molecule has 0 aliphatic carbocycles. The molecule has 15 heteroatoms. The van der Waals surface area contributed by atoms with Crippen molar-refractivity contribution in [2.24, 2.45) is 5.92 Å². The van der Waals surface area contributed by atoms with Crippen molar-refractivity contribution in [3.05, 3.63) is 0 Å². The van der Waals surface area contributed by atoms with E-state index in [1.807, 2.05) is 0 Å². The Kier molecular flexibility index (Phi) is 12.5. The monoisotopic (exact) mass is 566 g/mol. The lowest BCUT2D eigenvalue weighted by atomic mass is 9.97. The van der Waals surface area contributed by atoms with Crippen LogP contribution in [0.15, 0.2) is 0 Å². The van der Waals surface area contributed by atoms with Crippen LogP contribution in [0.25, 0.3) is 0 Å². The number of nitrogens with zero attached hydrogens (tertiary/aromatic N) is 2. The molecule has 0 aromatic rings. The van der Waals surface area contributed by atoms with Gasteiger partial charge in [0.1, 0.15) is 0 Å². The smallest absolute Gasteiger partial charge is 0.475 e. The van der Waals surface area contributed by atoms with Crippen LogP contribution in [0.2, 0.25) is 0 Å². The Morgan fingerprint density at radius 2 is 1.45 bits per heavy atom. The van der Waals surface area contributed by atoms with Gasteiger partial charge in [-0.2, -0.15) is 26.3 Å². The highest BCUT2D eigenvalue weighted by molar-refractivity contribution is 5.73. The van der Waals surface area contributed by atoms with Gasteiger partial charge in [-0.05, 0) is 64.6 Å². The molecular formula is C23H36F6N2O7. The Hall–Kier alpha value is -1.68. The molecule has 4 heterocycles. The van der Waals surface area contributed by atoms with Crippen molar-refractivity contribution in [3.63, 3.8) is 0 Å². The molecule has 0 spiro atoms. The van der Waals surface area contributed by atoms with E-state index < -0.39 is 24.3 Å². The highest BCUT2D eigenvalue weighted by atomic mass is 19.4. The minimum Gasteiger partial charge on any atom is -0.475 e. The molecule has 4 aliphatic rings. The van der Waals surface area contributed by atoms with Gasteiger partial charge in [-0.1, -0.05) is 0 Å². The van der Waals surface area contributed by atoms with Crippen molar-refractivity contribution >= 4 is 11.9 Å². The number of carboxylic acid groups (broad SMARTS) is 2. The second-order valence-electron chi connectivity index (χ2n) is 9.88. The maximum Gasteiger partial charge on any atom is 0.490 e. The lowest BCUT2D eigenvalue weighted by Gasteiger charge is -2.38. The first kappa shape index (κ1) is 32.5. The Balaban J connectivity index is 0.000000301. The molecule has 4 aliphatic heterocycles. The molecule has 0 radical (unpaired) electrons. The van der Waals surface area contributed by atoms with Crippen LogP contribution in [0, 0.1) is 5.92 Å². The van der Waals surface area contributed by atoms with E-state index in [0.717, 1.165) is 38.8 Å². The van der Waals surface area contributed by atoms with Gasteiger partial charge < -0.3 is 29.3 Å². The third-order valence-electron chi connectivity index (χ3n) is 7.03. The van der Waals surface area contributed by atoms with Crippen molar-refractivity contribution in [2.45, 2.75) is 75.2 Å². The summed E-state index contributed by atoms with van der Waals surface area (Å²) in [7, 11) is 2.21. The average molecular weight is 567 g/mol. The van der Waals surface area contributed by atoms with Crippen LogP contribution in [0.1, 0.15) is 38.5 Å². The molecule has 222 valence electrons. The molecular weight excluding hydrogens is 530 g/mol. The average Bonchev–Trinajstić information content (AvgIpc) is 3.49. The van der Waals surface area contributed by atoms with E-state index in [1.54, 1.807) is 0 Å². The quantitative estimate of drug-likeness (QED) is 0.486. The summed E-state index contributed by atoms with van der Waals surface area (Å²) in [5, 5.41) is 14.2. The fourth-order valence-electron chi connectivity index (χ4n) is 4.98. The number of piperidine rings is 1. The Bertz CT molecular complexity index is 717. The second kappa shape index (κ2) is 14.6. The largest absolute Gasteiger partial charge is 0.490 e. The standard InChI is InChI=1S/C19H34N2O3.2C2HF3O2/c1-20-8-4-15(5-9-20)12-23-14-17-2-3-18-19(24-17)6-10-21(18)16-7-11-22-13-16;2*3-2(4,5)1(6)7/h15-19H,2-14H2,1H3;2*(H,6,7)/t16?,17-,18+,19+;;/m1../s1. The normalized spacial score (nSPS) is 29.0. The van der Waals surface area contributed by atoms with Gasteiger partial charge in [0.05, 0.1) is 25.4 Å². The van der Waals surface area contributed by atoms with Crippen molar-refractivity contribution in [3.8, 4) is 0 Å². The zero-order valence-electron chi connectivity index (χ0n) is 21.2. The Morgan fingerprint density at radius 1 is 0.868 bits per heavy atom. The van der Waals surface area contributed by atoms with Crippen LogP contribution in [0.4, 0.5) is 26.3 Å². The van der Waals surface area contributed by atoms with E-state index in [2.05, 4.69) is 16.8 Å². The highest BCUT2D eigenvalue weighted by Crippen LogP contribution is 2.34. The van der Waals surface area contributed by atoms with Crippen LogP contribution in [0.5, 0.6) is 0 Å². The fourth-order valence-corrected chi connectivity index (χ4v) is 4.98. The predicted octanol–water partition coefficient (Wildman–Crippen LogP) is 3.02. The lowest BCUT2D eigenvalue weighted by molar-refractivity contribution is -0.193. The Labute approximate surface area is 217 Å². The van der Waals surface area contributed by atoms with E-state index in [-0.39, 0.29) is 0 Å². The van der Waals surface area contributed by atoms with E-state index in [4.69, 9.17) is 34.0 Å². The van der Waals surface area contributed by atoms with Gasteiger partial charge in [0.2, 0.25) is 0 Å². The summed E-state index contributed by atoms with van der Waals surface area (Å²) >= 11 is 0. The van der Waals surface area contributed by atoms with Gasteiger partial charge in [0, 0.05) is 31.8 Å². The van der Waals surface area contributed by atoms with Crippen molar-refractivity contribution in [2.75, 3.05) is 53.1 Å². The number of likely N-dealkylation sites (tertiary alicyclic amines) is 2. The summed E-state index contributed by atoms with van der Waals surface area (Å²) in [4.78, 5) is 22.9. The molecule has 0 bridgehead atoms. The number of fused-ring (bicyclic) bond motifs is 1. The summed E-state index contributed by atoms with van der Waals surface area (Å²) in [6, 6.07) is 1.27. The highest BCUT2D eigenvalue weighted by Gasteiger charge is 2.43. The van der Waals surface area contributed by atoms with Gasteiger partial charge in [0.25, 0.3) is 0 Å². The van der Waals surface area contributed by atoms with Crippen LogP contribution < -0.4 is 0 Å². The number of hydrogen-bond acceptors (Lipinski definition) is 7. The maximum atomic E-state index is 10.6. The topological polar surface area (TPSA) is 109 Å². The number of halogens is 6. The van der Waals surface area contributed by atoms with Gasteiger partial charge in [-0.3, -0.25) is 4.90 Å². The summed E-state index contributed by atoms with van der Waals surface area (Å²) in [6.45, 7) is 7.21. The second-order valence-corrected chi connectivity index (χ2v) is 9.88. The molecule has 4 atom stereocenters. The molecule has 4 saturated heterocycles. The molecule has 0 amide bonds. The van der Waals surface area contributed by atoms with E-state index >= 15 is 0 Å². The van der Waals surface area contributed by atoms with Crippen LogP contribution in [-0.4, -0.2) is 122 Å². The summed E-state index contributed by atoms with van der Waals surface area (Å²) < 4.78 is 81.5. The van der Waals surface area contributed by atoms with Crippen molar-refractivity contribution in [1.29, 1.82) is 0 Å². The zero-order chi connectivity index (χ0) is 28.5. The fraction of sp³-hybridized carbons (Fsp3) is 0.913. The Morgan fingerprint density at radius 3 is 1.95 bits per heavy atom. The number of ether oxygens (including phenoxy) is 3. The molecule has 2 N–H and O–H groups in total. The molecule has 0 aromatic carbocycles. The number of alkyl halides is 6. The first-order valence-electron chi connectivity index (χ1n) is 12.5. The van der Waals surface area contributed by atoms with E-state index in [9.17, 15) is 26.3 Å². The van der Waals surface area contributed by atoms with Crippen molar-refractivity contribution < 1.29 is 60.4 Å². The van der Waals surface area contributed by atoms with Crippen LogP contribution in [0.3, 0.4) is 0 Å². The van der Waals surface area contributed by atoms with E-state index in [0.29, 0.717) is 24.3 Å². The van der Waals surface area contributed by atoms with Crippen LogP contribution >= 0.6 is 0 Å². The number of aliphatic carboxylic acids is 2. The third kappa shape index (κ3) is 10.8. The molecule has 9 nitrogen and oxygen atoms in total. The number of carbonyl (C=O) groups is 2. The zero-order valence-corrected chi connectivity index (χ0v) is 21.2. The first-order valence-corrected chi connectivity index (χ1v) is 12.5. The number of rotatable bonds is 5. The summed E-state index contributed by atoms with van der Waals surface area (Å²) in [5.41, 5.74) is 0. The van der Waals surface area contributed by atoms with Gasteiger partial charge >= 0.3 is 24.3 Å². The number of carboxylic acids is 2. The van der Waals surface area contributed by atoms with Crippen molar-refractivity contribution in [1.82, 2.24) is 9.80 Å². The summed E-state index contributed by atoms with van der Waals surface area (Å²) in [5.74, 6) is -4.76. The lowest BCUT2D eigenvalue weighted by Crippen LogP contribution is -2.47. The number of hydrogen-bond donors (Lipinski definition) is 2. The van der Waals surface area contributed by atoms with Gasteiger partial charge in [-0.15, -0.1) is 0 Å². The SMILES string of the molecule is CN1CCC(COC[C@H]2CC[C@H]3[C@H](CCN3C3CCOC3)O2)CC1.O=C(O)C(F)(F)F.O=C(O)C(F)(F)F. The van der Waals surface area contributed by atoms with E-state index in [1.165, 1.54) is 51.7 Å². The summed E-state index contributed by atoms with van der Waals surface area (Å²) in [6.07, 6.45) is -2.05. The van der Waals surface area contributed by atoms with Gasteiger partial charge in [0.15, 0.2) is 0 Å². The molecule has 0 aromatic heterocycles. The van der Waals surface area contributed by atoms with Crippen LogP contribution in [-0.2, 0) is 23.8 Å². The molecule has 0 saturated carbocycles. The first-order chi connectivity index (χ1) is 17.7.